The molecule has 0 N–H and O–H groups in total. The van der Waals surface area contributed by atoms with Crippen LogP contribution in [0.2, 0.25) is 0 Å². The number of pyridine rings is 1. The molecule has 1 heterocycles. The third-order valence-corrected chi connectivity index (χ3v) is 2.62. The van der Waals surface area contributed by atoms with Crippen LogP contribution in [0.3, 0.4) is 0 Å². The number of rotatable bonds is 5. The van der Waals surface area contributed by atoms with E-state index in [2.05, 4.69) is 4.98 Å². The molecule has 0 bridgehead atoms. The minimum absolute atomic E-state index is 0.00378. The number of nitro benzene ring substituents is 1. The first-order chi connectivity index (χ1) is 9.58. The van der Waals surface area contributed by atoms with Gasteiger partial charge in [0.2, 0.25) is 0 Å². The van der Waals surface area contributed by atoms with E-state index < -0.39 is 4.92 Å². The molecule has 102 valence electrons. The van der Waals surface area contributed by atoms with E-state index in [-0.39, 0.29) is 23.8 Å². The van der Waals surface area contributed by atoms with Crippen molar-refractivity contribution < 1.29 is 14.5 Å². The minimum atomic E-state index is -0.464. The summed E-state index contributed by atoms with van der Waals surface area (Å²) in [6, 6.07) is 9.46. The number of nitro groups is 1. The number of carbonyl (C=O) groups is 1. The molecule has 0 fully saturated rings. The number of nitrogens with zero attached hydrogens (tertiary/aromatic N) is 2. The number of carbonyl (C=O) groups excluding carboxylic acids is 1. The standard InChI is InChI=1S/C14H12N2O4/c1-10(17)14-13(6-3-7-15-14)20-9-11-4-2-5-12(8-11)16(18)19/h2-8H,9H2,1H3. The number of benzene rings is 1. The minimum Gasteiger partial charge on any atom is -0.486 e. The van der Waals surface area contributed by atoms with Gasteiger partial charge in [0, 0.05) is 25.3 Å². The number of aromatic nitrogens is 1. The highest BCUT2D eigenvalue weighted by atomic mass is 16.6. The maximum absolute atomic E-state index is 11.4. The quantitative estimate of drug-likeness (QED) is 0.475. The summed E-state index contributed by atoms with van der Waals surface area (Å²) in [4.78, 5) is 25.6. The van der Waals surface area contributed by atoms with Crippen LogP contribution in [0.15, 0.2) is 42.6 Å². The van der Waals surface area contributed by atoms with Crippen molar-refractivity contribution in [2.24, 2.45) is 0 Å². The molecular weight excluding hydrogens is 260 g/mol. The van der Waals surface area contributed by atoms with Crippen molar-refractivity contribution in [1.29, 1.82) is 0 Å². The average Bonchev–Trinajstić information content (AvgIpc) is 2.45. The van der Waals surface area contributed by atoms with Gasteiger partial charge in [0.15, 0.2) is 5.78 Å². The average molecular weight is 272 g/mol. The third kappa shape index (κ3) is 3.17. The smallest absolute Gasteiger partial charge is 0.269 e. The molecule has 0 amide bonds. The summed E-state index contributed by atoms with van der Waals surface area (Å²) < 4.78 is 5.51. The fourth-order valence-electron chi connectivity index (χ4n) is 1.69. The van der Waals surface area contributed by atoms with Gasteiger partial charge in [-0.15, -0.1) is 0 Å². The number of hydrogen-bond acceptors (Lipinski definition) is 5. The van der Waals surface area contributed by atoms with Crippen molar-refractivity contribution in [3.63, 3.8) is 0 Å². The second-order valence-electron chi connectivity index (χ2n) is 4.12. The molecule has 1 aromatic carbocycles. The topological polar surface area (TPSA) is 82.3 Å². The van der Waals surface area contributed by atoms with Crippen LogP contribution in [0, 0.1) is 10.1 Å². The van der Waals surface area contributed by atoms with Gasteiger partial charge >= 0.3 is 0 Å². The molecule has 0 aliphatic heterocycles. The lowest BCUT2D eigenvalue weighted by Gasteiger charge is -2.08. The second kappa shape index (κ2) is 5.92. The highest BCUT2D eigenvalue weighted by Gasteiger charge is 2.10. The summed E-state index contributed by atoms with van der Waals surface area (Å²) in [5.41, 5.74) is 0.902. The summed E-state index contributed by atoms with van der Waals surface area (Å²) in [7, 11) is 0. The SMILES string of the molecule is CC(=O)c1ncccc1OCc1cccc([N+](=O)[O-])c1. The molecule has 0 aliphatic carbocycles. The van der Waals surface area contributed by atoms with E-state index >= 15 is 0 Å². The Bertz CT molecular complexity index is 655. The fourth-order valence-corrected chi connectivity index (χ4v) is 1.69. The summed E-state index contributed by atoms with van der Waals surface area (Å²) in [6.45, 7) is 1.54. The summed E-state index contributed by atoms with van der Waals surface area (Å²) >= 11 is 0. The Labute approximate surface area is 115 Å². The predicted octanol–water partition coefficient (Wildman–Crippen LogP) is 2.77. The molecule has 2 aromatic rings. The van der Waals surface area contributed by atoms with Gasteiger partial charge in [0.1, 0.15) is 18.1 Å². The van der Waals surface area contributed by atoms with Crippen LogP contribution in [0.5, 0.6) is 5.75 Å². The Kier molecular flexibility index (Phi) is 4.05. The zero-order chi connectivity index (χ0) is 14.5. The summed E-state index contributed by atoms with van der Waals surface area (Å²) in [5.74, 6) is 0.172. The lowest BCUT2D eigenvalue weighted by molar-refractivity contribution is -0.384. The Morgan fingerprint density at radius 2 is 2.15 bits per heavy atom. The highest BCUT2D eigenvalue weighted by molar-refractivity contribution is 5.94. The lowest BCUT2D eigenvalue weighted by Crippen LogP contribution is -2.03. The molecule has 0 saturated carbocycles. The zero-order valence-corrected chi connectivity index (χ0v) is 10.8. The van der Waals surface area contributed by atoms with E-state index in [0.29, 0.717) is 11.3 Å². The Hall–Kier alpha value is -2.76. The number of Topliss-reactive ketones (excluding diaryl/α,β-unsaturated/α-hetero) is 1. The first-order valence-corrected chi connectivity index (χ1v) is 5.90. The van der Waals surface area contributed by atoms with Crippen LogP contribution in [0.25, 0.3) is 0 Å². The van der Waals surface area contributed by atoms with Gasteiger partial charge in [-0.25, -0.2) is 4.98 Å². The van der Waals surface area contributed by atoms with Gasteiger partial charge in [-0.1, -0.05) is 12.1 Å². The Balaban J connectivity index is 2.15. The number of hydrogen-bond donors (Lipinski definition) is 0. The van der Waals surface area contributed by atoms with Crippen molar-refractivity contribution in [2.75, 3.05) is 0 Å². The van der Waals surface area contributed by atoms with Crippen molar-refractivity contribution in [1.82, 2.24) is 4.98 Å². The molecule has 0 unspecified atom stereocenters. The number of ether oxygens (including phenoxy) is 1. The maximum atomic E-state index is 11.4. The van der Waals surface area contributed by atoms with Crippen LogP contribution in [-0.2, 0) is 6.61 Å². The van der Waals surface area contributed by atoms with E-state index in [1.165, 1.54) is 25.3 Å². The molecular formula is C14H12N2O4. The van der Waals surface area contributed by atoms with Gasteiger partial charge in [0.25, 0.3) is 5.69 Å². The number of ketones is 1. The molecule has 0 spiro atoms. The van der Waals surface area contributed by atoms with Crippen LogP contribution in [0.4, 0.5) is 5.69 Å². The van der Waals surface area contributed by atoms with Gasteiger partial charge in [-0.05, 0) is 17.7 Å². The Morgan fingerprint density at radius 3 is 2.85 bits per heavy atom. The van der Waals surface area contributed by atoms with Gasteiger partial charge in [-0.2, -0.15) is 0 Å². The van der Waals surface area contributed by atoms with Gasteiger partial charge in [0.05, 0.1) is 4.92 Å². The predicted molar refractivity (Wildman–Crippen MR) is 71.7 cm³/mol. The lowest BCUT2D eigenvalue weighted by atomic mass is 10.2. The van der Waals surface area contributed by atoms with E-state index in [9.17, 15) is 14.9 Å². The molecule has 0 aliphatic rings. The first kappa shape index (κ1) is 13.7. The second-order valence-corrected chi connectivity index (χ2v) is 4.12. The van der Waals surface area contributed by atoms with Crippen molar-refractivity contribution in [2.45, 2.75) is 13.5 Å². The molecule has 0 atom stereocenters. The highest BCUT2D eigenvalue weighted by Crippen LogP contribution is 2.19. The van der Waals surface area contributed by atoms with E-state index in [1.807, 2.05) is 0 Å². The van der Waals surface area contributed by atoms with E-state index in [4.69, 9.17) is 4.74 Å². The van der Waals surface area contributed by atoms with E-state index in [0.717, 1.165) is 0 Å². The molecule has 6 heteroatoms. The molecule has 0 saturated heterocycles. The first-order valence-electron chi connectivity index (χ1n) is 5.90. The van der Waals surface area contributed by atoms with Crippen LogP contribution >= 0.6 is 0 Å². The Morgan fingerprint density at radius 1 is 1.35 bits per heavy atom. The van der Waals surface area contributed by atoms with Gasteiger partial charge in [-0.3, -0.25) is 14.9 Å². The summed E-state index contributed by atoms with van der Waals surface area (Å²) in [5, 5.41) is 10.7. The third-order valence-electron chi connectivity index (χ3n) is 2.62. The van der Waals surface area contributed by atoms with Gasteiger partial charge < -0.3 is 4.74 Å². The summed E-state index contributed by atoms with van der Waals surface area (Å²) in [6.07, 6.45) is 1.51. The van der Waals surface area contributed by atoms with Crippen molar-refractivity contribution in [3.8, 4) is 5.75 Å². The van der Waals surface area contributed by atoms with Crippen LogP contribution < -0.4 is 4.74 Å². The molecule has 2 rings (SSSR count). The zero-order valence-electron chi connectivity index (χ0n) is 10.8. The molecule has 6 nitrogen and oxygen atoms in total. The maximum Gasteiger partial charge on any atom is 0.269 e. The molecule has 1 aromatic heterocycles. The fraction of sp³-hybridized carbons (Fsp3) is 0.143. The van der Waals surface area contributed by atoms with Crippen molar-refractivity contribution in [3.05, 3.63) is 64.0 Å². The normalized spacial score (nSPS) is 10.1. The molecule has 0 radical (unpaired) electrons. The van der Waals surface area contributed by atoms with E-state index in [1.54, 1.807) is 24.3 Å². The monoisotopic (exact) mass is 272 g/mol. The van der Waals surface area contributed by atoms with Crippen LogP contribution in [-0.4, -0.2) is 15.7 Å². The largest absolute Gasteiger partial charge is 0.486 e. The van der Waals surface area contributed by atoms with Crippen LogP contribution in [0.1, 0.15) is 23.0 Å². The number of non-ortho nitro benzene ring substituents is 1. The van der Waals surface area contributed by atoms with Crippen molar-refractivity contribution >= 4 is 11.5 Å². The molecule has 20 heavy (non-hydrogen) atoms.